The first-order valence-corrected chi connectivity index (χ1v) is 6.63. The monoisotopic (exact) mass is 295 g/mol. The van der Waals surface area contributed by atoms with Crippen LogP contribution in [0.1, 0.15) is 36.7 Å². The number of carbonyl (C=O) groups excluding carboxylic acids is 2. The highest BCUT2D eigenvalue weighted by Gasteiger charge is 2.21. The molecule has 0 aliphatic carbocycles. The number of hydrogen-bond donors (Lipinski definition) is 2. The molecule has 0 fully saturated rings. The number of aryl methyl sites for hydroxylation is 1. The number of hydrogen-bond acceptors (Lipinski definition) is 3. The van der Waals surface area contributed by atoms with Gasteiger partial charge in [0.25, 0.3) is 5.91 Å². The van der Waals surface area contributed by atoms with E-state index in [1.54, 1.807) is 0 Å². The van der Waals surface area contributed by atoms with E-state index in [2.05, 4.69) is 5.32 Å². The maximum absolute atomic E-state index is 14.0. The highest BCUT2D eigenvalue weighted by Crippen LogP contribution is 2.18. The Hall–Kier alpha value is -2.11. The van der Waals surface area contributed by atoms with E-state index in [4.69, 9.17) is 5.73 Å². The van der Waals surface area contributed by atoms with Gasteiger partial charge < -0.3 is 16.0 Å². The fraction of sp³-hybridized carbons (Fsp3) is 0.467. The topological polar surface area (TPSA) is 75.4 Å². The molecule has 0 saturated heterocycles. The van der Waals surface area contributed by atoms with Gasteiger partial charge in [-0.3, -0.25) is 9.59 Å². The molecule has 5 nitrogen and oxygen atoms in total. The Balaban J connectivity index is 2.87. The minimum atomic E-state index is -0.614. The summed E-state index contributed by atoms with van der Waals surface area (Å²) in [4.78, 5) is 25.2. The number of nitrogens with one attached hydrogen (secondary N) is 1. The van der Waals surface area contributed by atoms with E-state index < -0.39 is 11.7 Å². The van der Waals surface area contributed by atoms with Gasteiger partial charge in [-0.2, -0.15) is 0 Å². The Morgan fingerprint density at radius 3 is 2.43 bits per heavy atom. The third kappa shape index (κ3) is 4.73. The van der Waals surface area contributed by atoms with E-state index in [1.807, 2.05) is 20.8 Å². The summed E-state index contributed by atoms with van der Waals surface area (Å²) >= 11 is 0. The average molecular weight is 295 g/mol. The third-order valence-corrected chi connectivity index (χ3v) is 2.75. The number of benzene rings is 1. The van der Waals surface area contributed by atoms with Gasteiger partial charge in [-0.25, -0.2) is 4.39 Å². The van der Waals surface area contributed by atoms with Crippen LogP contribution in [0.25, 0.3) is 0 Å². The molecule has 6 heteroatoms. The summed E-state index contributed by atoms with van der Waals surface area (Å²) in [6.45, 7) is 6.91. The number of likely N-dealkylation sites (N-methyl/N-ethyl adjacent to an activating group) is 1. The Bertz CT molecular complexity index is 565. The van der Waals surface area contributed by atoms with Crippen molar-refractivity contribution in [3.63, 3.8) is 0 Å². The molecular formula is C15H22FN3O2. The summed E-state index contributed by atoms with van der Waals surface area (Å²) in [6.07, 6.45) is 0. The zero-order valence-electron chi connectivity index (χ0n) is 13.1. The molecule has 2 amide bonds. The molecule has 116 valence electrons. The van der Waals surface area contributed by atoms with Crippen molar-refractivity contribution in [2.45, 2.75) is 33.2 Å². The number of halogens is 1. The number of amides is 2. The normalized spacial score (nSPS) is 11.1. The van der Waals surface area contributed by atoms with Crippen molar-refractivity contribution in [2.24, 2.45) is 0 Å². The predicted octanol–water partition coefficient (Wildman–Crippen LogP) is 1.70. The second kappa shape index (κ2) is 6.11. The highest BCUT2D eigenvalue weighted by atomic mass is 19.1. The molecule has 0 bridgehead atoms. The van der Waals surface area contributed by atoms with E-state index in [0.717, 1.165) is 0 Å². The summed E-state index contributed by atoms with van der Waals surface area (Å²) in [6, 6.07) is 2.74. The first-order valence-electron chi connectivity index (χ1n) is 6.63. The van der Waals surface area contributed by atoms with Gasteiger partial charge in [0.15, 0.2) is 0 Å². The van der Waals surface area contributed by atoms with Crippen molar-refractivity contribution >= 4 is 17.5 Å². The molecule has 1 aromatic rings. The van der Waals surface area contributed by atoms with Gasteiger partial charge in [0, 0.05) is 18.3 Å². The van der Waals surface area contributed by atoms with E-state index in [-0.39, 0.29) is 23.6 Å². The SMILES string of the molecule is Cc1cc(N)cc(C(=O)N(C)CC(=O)NC(C)(C)C)c1F. The van der Waals surface area contributed by atoms with Gasteiger partial charge in [-0.1, -0.05) is 0 Å². The van der Waals surface area contributed by atoms with Crippen molar-refractivity contribution < 1.29 is 14.0 Å². The van der Waals surface area contributed by atoms with Crippen LogP contribution in [0.3, 0.4) is 0 Å². The zero-order valence-corrected chi connectivity index (χ0v) is 13.1. The molecule has 0 heterocycles. The molecule has 0 spiro atoms. The molecule has 0 atom stereocenters. The van der Waals surface area contributed by atoms with Crippen molar-refractivity contribution in [1.29, 1.82) is 0 Å². The van der Waals surface area contributed by atoms with Crippen LogP contribution in [0.2, 0.25) is 0 Å². The van der Waals surface area contributed by atoms with Crippen LogP contribution in [-0.4, -0.2) is 35.8 Å². The third-order valence-electron chi connectivity index (χ3n) is 2.75. The molecule has 21 heavy (non-hydrogen) atoms. The van der Waals surface area contributed by atoms with Crippen LogP contribution in [-0.2, 0) is 4.79 Å². The number of nitrogens with zero attached hydrogens (tertiary/aromatic N) is 1. The van der Waals surface area contributed by atoms with Crippen LogP contribution in [0, 0.1) is 12.7 Å². The Kier molecular flexibility index (Phi) is 4.93. The lowest BCUT2D eigenvalue weighted by atomic mass is 10.1. The van der Waals surface area contributed by atoms with E-state index in [9.17, 15) is 14.0 Å². The van der Waals surface area contributed by atoms with Gasteiger partial charge >= 0.3 is 0 Å². The Labute approximate surface area is 124 Å². The highest BCUT2D eigenvalue weighted by molar-refractivity contribution is 5.97. The number of nitrogen functional groups attached to an aromatic ring is 1. The first-order chi connectivity index (χ1) is 9.51. The van der Waals surface area contributed by atoms with Crippen LogP contribution in [0.15, 0.2) is 12.1 Å². The molecule has 0 radical (unpaired) electrons. The fourth-order valence-electron chi connectivity index (χ4n) is 1.90. The molecule has 0 aliphatic heterocycles. The van der Waals surface area contributed by atoms with Gasteiger partial charge in [-0.05, 0) is 45.4 Å². The lowest BCUT2D eigenvalue weighted by molar-refractivity contribution is -0.122. The van der Waals surface area contributed by atoms with Crippen LogP contribution >= 0.6 is 0 Å². The van der Waals surface area contributed by atoms with Crippen molar-refractivity contribution in [3.05, 3.63) is 29.1 Å². The summed E-state index contributed by atoms with van der Waals surface area (Å²) in [7, 11) is 1.45. The van der Waals surface area contributed by atoms with Crippen LogP contribution < -0.4 is 11.1 Å². The van der Waals surface area contributed by atoms with Gasteiger partial charge in [0.05, 0.1) is 12.1 Å². The second-order valence-electron chi connectivity index (χ2n) is 6.16. The lowest BCUT2D eigenvalue weighted by Crippen LogP contribution is -2.46. The fourth-order valence-corrected chi connectivity index (χ4v) is 1.90. The van der Waals surface area contributed by atoms with Gasteiger partial charge in [0.1, 0.15) is 5.82 Å². The molecule has 0 saturated carbocycles. The van der Waals surface area contributed by atoms with E-state index in [0.29, 0.717) is 11.3 Å². The second-order valence-corrected chi connectivity index (χ2v) is 6.16. The quantitative estimate of drug-likeness (QED) is 0.833. The average Bonchev–Trinajstić information content (AvgIpc) is 2.30. The van der Waals surface area contributed by atoms with E-state index in [1.165, 1.54) is 31.0 Å². The molecule has 3 N–H and O–H groups in total. The minimum absolute atomic E-state index is 0.126. The molecular weight excluding hydrogens is 273 g/mol. The van der Waals surface area contributed by atoms with Gasteiger partial charge in [0.2, 0.25) is 5.91 Å². The number of rotatable bonds is 3. The standard InChI is InChI=1S/C15H22FN3O2/c1-9-6-10(17)7-11(13(9)16)14(21)19(5)8-12(20)18-15(2,3)4/h6-7H,8,17H2,1-5H3,(H,18,20). The van der Waals surface area contributed by atoms with Crippen molar-refractivity contribution in [2.75, 3.05) is 19.3 Å². The smallest absolute Gasteiger partial charge is 0.257 e. The maximum atomic E-state index is 14.0. The zero-order chi connectivity index (χ0) is 16.4. The van der Waals surface area contributed by atoms with Crippen LogP contribution in [0.5, 0.6) is 0 Å². The first kappa shape index (κ1) is 16.9. The molecule has 0 aromatic heterocycles. The van der Waals surface area contributed by atoms with E-state index >= 15 is 0 Å². The molecule has 0 unspecified atom stereocenters. The summed E-state index contributed by atoms with van der Waals surface area (Å²) < 4.78 is 14.0. The summed E-state index contributed by atoms with van der Waals surface area (Å²) in [5.41, 5.74) is 5.73. The molecule has 0 aliphatic rings. The van der Waals surface area contributed by atoms with Crippen molar-refractivity contribution in [1.82, 2.24) is 10.2 Å². The summed E-state index contributed by atoms with van der Waals surface area (Å²) in [5, 5.41) is 2.74. The number of anilines is 1. The predicted molar refractivity (Wildman–Crippen MR) is 80.4 cm³/mol. The van der Waals surface area contributed by atoms with Crippen molar-refractivity contribution in [3.8, 4) is 0 Å². The number of nitrogens with two attached hydrogens (primary N) is 1. The minimum Gasteiger partial charge on any atom is -0.399 e. The summed E-state index contributed by atoms with van der Waals surface area (Å²) in [5.74, 6) is -1.50. The number of carbonyl (C=O) groups is 2. The van der Waals surface area contributed by atoms with Crippen LogP contribution in [0.4, 0.5) is 10.1 Å². The molecule has 1 aromatic carbocycles. The molecule has 1 rings (SSSR count). The van der Waals surface area contributed by atoms with Gasteiger partial charge in [-0.15, -0.1) is 0 Å². The Morgan fingerprint density at radius 2 is 1.90 bits per heavy atom. The lowest BCUT2D eigenvalue weighted by Gasteiger charge is -2.23. The maximum Gasteiger partial charge on any atom is 0.257 e. The largest absolute Gasteiger partial charge is 0.399 e. The Morgan fingerprint density at radius 1 is 1.33 bits per heavy atom.